The summed E-state index contributed by atoms with van der Waals surface area (Å²) in [4.78, 5) is 23.0. The van der Waals surface area contributed by atoms with Gasteiger partial charge in [-0.25, -0.2) is 14.2 Å². The van der Waals surface area contributed by atoms with Crippen LogP contribution < -0.4 is 15.5 Å². The van der Waals surface area contributed by atoms with E-state index in [9.17, 15) is 9.18 Å². The first kappa shape index (κ1) is 19.4. The van der Waals surface area contributed by atoms with E-state index >= 15 is 0 Å². The molecule has 0 fully saturated rings. The molecule has 0 spiro atoms. The Labute approximate surface area is 182 Å². The number of benzene rings is 2. The molecule has 156 valence electrons. The van der Waals surface area contributed by atoms with Gasteiger partial charge >= 0.3 is 6.03 Å². The SMILES string of the molecule is O=C(Nc1ccc2c(c1)N(Cc1ccccc1)CCS2)Nc1c[nH]c2ncc(F)cc12. The molecule has 0 radical (unpaired) electrons. The highest BCUT2D eigenvalue weighted by molar-refractivity contribution is 7.99. The predicted molar refractivity (Wildman–Crippen MR) is 123 cm³/mol. The van der Waals surface area contributed by atoms with Crippen LogP contribution in [0, 0.1) is 5.82 Å². The Morgan fingerprint density at radius 1 is 1.16 bits per heavy atom. The lowest BCUT2D eigenvalue weighted by molar-refractivity contribution is 0.262. The number of pyridine rings is 1. The van der Waals surface area contributed by atoms with Crippen molar-refractivity contribution in [2.24, 2.45) is 0 Å². The molecule has 0 saturated carbocycles. The van der Waals surface area contributed by atoms with Gasteiger partial charge in [0, 0.05) is 41.0 Å². The van der Waals surface area contributed by atoms with Gasteiger partial charge in [-0.2, -0.15) is 0 Å². The maximum atomic E-state index is 13.5. The van der Waals surface area contributed by atoms with Crippen LogP contribution in [0.15, 0.2) is 71.9 Å². The molecule has 0 saturated heterocycles. The lowest BCUT2D eigenvalue weighted by Crippen LogP contribution is -2.29. The van der Waals surface area contributed by atoms with Crippen LogP contribution in [0.1, 0.15) is 5.56 Å². The quantitative estimate of drug-likeness (QED) is 0.400. The van der Waals surface area contributed by atoms with E-state index < -0.39 is 11.8 Å². The molecule has 0 bridgehead atoms. The summed E-state index contributed by atoms with van der Waals surface area (Å²) in [5, 5.41) is 6.16. The van der Waals surface area contributed by atoms with Gasteiger partial charge in [-0.05, 0) is 29.8 Å². The van der Waals surface area contributed by atoms with Crippen molar-refractivity contribution in [1.29, 1.82) is 0 Å². The number of nitrogens with zero attached hydrogens (tertiary/aromatic N) is 2. The number of aromatic nitrogens is 2. The molecular weight excluding hydrogens is 413 g/mol. The molecule has 1 aliphatic rings. The zero-order valence-electron chi connectivity index (χ0n) is 16.6. The van der Waals surface area contributed by atoms with Crippen molar-refractivity contribution in [3.05, 3.63) is 78.4 Å². The van der Waals surface area contributed by atoms with E-state index in [0.29, 0.717) is 22.4 Å². The number of aromatic amines is 1. The summed E-state index contributed by atoms with van der Waals surface area (Å²) < 4.78 is 13.5. The Bertz CT molecular complexity index is 1240. The third kappa shape index (κ3) is 4.20. The zero-order valence-corrected chi connectivity index (χ0v) is 17.4. The molecule has 2 amide bonds. The molecule has 31 heavy (non-hydrogen) atoms. The second-order valence-corrected chi connectivity index (χ2v) is 8.41. The average Bonchev–Trinajstić information content (AvgIpc) is 3.16. The summed E-state index contributed by atoms with van der Waals surface area (Å²) >= 11 is 1.82. The lowest BCUT2D eigenvalue weighted by atomic mass is 10.2. The van der Waals surface area contributed by atoms with E-state index in [1.165, 1.54) is 16.5 Å². The van der Waals surface area contributed by atoms with E-state index in [2.05, 4.69) is 37.6 Å². The summed E-state index contributed by atoms with van der Waals surface area (Å²) in [5.74, 6) is 0.569. The highest BCUT2D eigenvalue weighted by Gasteiger charge is 2.19. The molecular formula is C23H20FN5OS. The van der Waals surface area contributed by atoms with Crippen molar-refractivity contribution < 1.29 is 9.18 Å². The third-order valence-electron chi connectivity index (χ3n) is 5.14. The summed E-state index contributed by atoms with van der Waals surface area (Å²) in [7, 11) is 0. The number of hydrogen-bond donors (Lipinski definition) is 3. The molecule has 5 rings (SSSR count). The van der Waals surface area contributed by atoms with E-state index in [1.54, 1.807) is 6.20 Å². The van der Waals surface area contributed by atoms with Crippen molar-refractivity contribution in [3.8, 4) is 0 Å². The van der Waals surface area contributed by atoms with Crippen LogP contribution in [-0.2, 0) is 6.54 Å². The zero-order chi connectivity index (χ0) is 21.2. The fourth-order valence-electron chi connectivity index (χ4n) is 3.68. The van der Waals surface area contributed by atoms with Gasteiger partial charge in [-0.3, -0.25) is 0 Å². The van der Waals surface area contributed by atoms with Crippen molar-refractivity contribution in [2.75, 3.05) is 27.8 Å². The predicted octanol–water partition coefficient (Wildman–Crippen LogP) is 5.46. The number of H-pyrrole nitrogens is 1. The van der Waals surface area contributed by atoms with E-state index in [1.807, 2.05) is 48.2 Å². The number of nitrogens with one attached hydrogen (secondary N) is 3. The summed E-state index contributed by atoms with van der Waals surface area (Å²) in [5.41, 5.74) is 4.03. The standard InChI is InChI=1S/C23H20FN5OS/c24-16-10-18-19(13-26-22(18)25-12-16)28-23(30)27-17-6-7-21-20(11-17)29(8-9-31-21)14-15-4-2-1-3-5-15/h1-7,10-13H,8-9,14H2,(H,25,26)(H2,27,28,30). The topological polar surface area (TPSA) is 73.1 Å². The molecule has 0 atom stereocenters. The largest absolute Gasteiger partial charge is 0.365 e. The number of thioether (sulfide) groups is 1. The maximum Gasteiger partial charge on any atom is 0.323 e. The van der Waals surface area contributed by atoms with Crippen LogP contribution in [0.4, 0.5) is 26.2 Å². The fourth-order valence-corrected chi connectivity index (χ4v) is 4.72. The highest BCUT2D eigenvalue weighted by atomic mass is 32.2. The molecule has 1 aliphatic heterocycles. The first-order valence-electron chi connectivity index (χ1n) is 9.92. The number of hydrogen-bond acceptors (Lipinski definition) is 4. The number of halogens is 1. The van der Waals surface area contributed by atoms with Gasteiger partial charge < -0.3 is 20.5 Å². The number of amides is 2. The van der Waals surface area contributed by atoms with Gasteiger partial charge in [-0.15, -0.1) is 11.8 Å². The fraction of sp³-hybridized carbons (Fsp3) is 0.130. The van der Waals surface area contributed by atoms with Crippen LogP contribution in [0.2, 0.25) is 0 Å². The third-order valence-corrected chi connectivity index (χ3v) is 6.18. The minimum absolute atomic E-state index is 0.400. The summed E-state index contributed by atoms with van der Waals surface area (Å²) in [6, 6.07) is 17.2. The van der Waals surface area contributed by atoms with E-state index in [4.69, 9.17) is 0 Å². The first-order valence-corrected chi connectivity index (χ1v) is 10.9. The van der Waals surface area contributed by atoms with Gasteiger partial charge in [0.05, 0.1) is 17.6 Å². The van der Waals surface area contributed by atoms with Gasteiger partial charge in [0.15, 0.2) is 0 Å². The number of rotatable bonds is 4. The van der Waals surface area contributed by atoms with Crippen LogP contribution in [0.5, 0.6) is 0 Å². The molecule has 2 aromatic carbocycles. The van der Waals surface area contributed by atoms with Gasteiger partial charge in [0.1, 0.15) is 11.5 Å². The molecule has 0 aliphatic carbocycles. The van der Waals surface area contributed by atoms with Gasteiger partial charge in [-0.1, -0.05) is 30.3 Å². The van der Waals surface area contributed by atoms with Crippen molar-refractivity contribution in [1.82, 2.24) is 9.97 Å². The molecule has 8 heteroatoms. The van der Waals surface area contributed by atoms with Crippen LogP contribution in [-0.4, -0.2) is 28.3 Å². The Morgan fingerprint density at radius 3 is 2.90 bits per heavy atom. The number of anilines is 3. The van der Waals surface area contributed by atoms with Crippen molar-refractivity contribution in [3.63, 3.8) is 0 Å². The molecule has 0 unspecified atom stereocenters. The minimum atomic E-state index is -0.457. The van der Waals surface area contributed by atoms with E-state index in [0.717, 1.165) is 30.7 Å². The Morgan fingerprint density at radius 2 is 2.03 bits per heavy atom. The van der Waals surface area contributed by atoms with Crippen LogP contribution in [0.25, 0.3) is 11.0 Å². The smallest absolute Gasteiger partial charge is 0.323 e. The maximum absolute atomic E-state index is 13.5. The molecule has 3 N–H and O–H groups in total. The summed E-state index contributed by atoms with van der Waals surface area (Å²) in [6.07, 6.45) is 2.73. The number of carbonyl (C=O) groups is 1. The number of carbonyl (C=O) groups excluding carboxylic acids is 1. The molecule has 2 aromatic heterocycles. The van der Waals surface area contributed by atoms with Crippen molar-refractivity contribution in [2.45, 2.75) is 11.4 Å². The van der Waals surface area contributed by atoms with Gasteiger partial charge in [0.25, 0.3) is 0 Å². The summed E-state index contributed by atoms with van der Waals surface area (Å²) in [6.45, 7) is 1.76. The number of urea groups is 1. The van der Waals surface area contributed by atoms with Gasteiger partial charge in [0.2, 0.25) is 0 Å². The second kappa shape index (κ2) is 8.31. The second-order valence-electron chi connectivity index (χ2n) is 7.27. The lowest BCUT2D eigenvalue weighted by Gasteiger charge is -2.31. The van der Waals surface area contributed by atoms with Crippen molar-refractivity contribution >= 4 is 45.9 Å². The minimum Gasteiger partial charge on any atom is -0.365 e. The normalized spacial score (nSPS) is 13.1. The Balaban J connectivity index is 1.33. The highest BCUT2D eigenvalue weighted by Crippen LogP contribution is 2.37. The average molecular weight is 434 g/mol. The molecule has 4 aromatic rings. The number of fused-ring (bicyclic) bond motifs is 2. The monoisotopic (exact) mass is 433 g/mol. The van der Waals surface area contributed by atoms with Crippen LogP contribution >= 0.6 is 11.8 Å². The van der Waals surface area contributed by atoms with E-state index in [-0.39, 0.29) is 0 Å². The molecule has 6 nitrogen and oxygen atoms in total. The first-order chi connectivity index (χ1) is 15.2. The Hall–Kier alpha value is -3.52. The van der Waals surface area contributed by atoms with Crippen LogP contribution in [0.3, 0.4) is 0 Å². The molecule has 3 heterocycles. The Kier molecular flexibility index (Phi) is 5.21.